The van der Waals surface area contributed by atoms with Crippen LogP contribution < -0.4 is 11.2 Å². The maximum absolute atomic E-state index is 12.0. The molecule has 0 amide bonds. The van der Waals surface area contributed by atoms with E-state index in [1.165, 1.54) is 0 Å². The number of aromatic nitrogens is 2. The van der Waals surface area contributed by atoms with Gasteiger partial charge in [0.05, 0.1) is 0 Å². The highest BCUT2D eigenvalue weighted by molar-refractivity contribution is 5.27. The summed E-state index contributed by atoms with van der Waals surface area (Å²) in [7, 11) is 0. The van der Waals surface area contributed by atoms with Gasteiger partial charge in [0.1, 0.15) is 0 Å². The second kappa shape index (κ2) is 2.42. The fourth-order valence-electron chi connectivity index (χ4n) is 0.441. The van der Waals surface area contributed by atoms with Gasteiger partial charge in [-0.15, -0.1) is 9.27 Å². The molecule has 0 atom stereocenters. The van der Waals surface area contributed by atoms with E-state index in [0.29, 0.717) is 0 Å². The zero-order valence-electron chi connectivity index (χ0n) is 4.71. The van der Waals surface area contributed by atoms with Crippen LogP contribution in [0.3, 0.4) is 0 Å². The Labute approximate surface area is 54.0 Å². The molecule has 0 aliphatic heterocycles. The van der Waals surface area contributed by atoms with E-state index in [9.17, 15) is 13.8 Å². The molecular formula is C4H3F2N3O. The minimum absolute atomic E-state index is 0.249. The van der Waals surface area contributed by atoms with Crippen LogP contribution in [-0.4, -0.2) is 9.77 Å². The maximum atomic E-state index is 12.0. The Balaban J connectivity index is 3.17. The summed E-state index contributed by atoms with van der Waals surface area (Å²) in [6.45, 7) is 0. The zero-order chi connectivity index (χ0) is 7.56. The molecule has 0 aromatic carbocycles. The lowest BCUT2D eigenvalue weighted by Crippen LogP contribution is -2.16. The molecule has 1 heterocycles. The standard InChI is InChI=1S/C4H3F2N3O/c5-8-3-1-2-9(6)4(10)7-3/h1-2H,(H,7,8,10). The van der Waals surface area contributed by atoms with Crippen LogP contribution in [0, 0.1) is 0 Å². The minimum atomic E-state index is -1.15. The van der Waals surface area contributed by atoms with Gasteiger partial charge in [-0.05, 0) is 0 Å². The van der Waals surface area contributed by atoms with Crippen LogP contribution in [0.1, 0.15) is 0 Å². The topological polar surface area (TPSA) is 46.9 Å². The largest absolute Gasteiger partial charge is 0.377 e. The van der Waals surface area contributed by atoms with Crippen molar-refractivity contribution in [2.24, 2.45) is 0 Å². The number of rotatable bonds is 1. The molecule has 54 valence electrons. The summed E-state index contributed by atoms with van der Waals surface area (Å²) in [5.41, 5.74) is -0.0464. The van der Waals surface area contributed by atoms with Gasteiger partial charge in [-0.3, -0.25) is 0 Å². The van der Waals surface area contributed by atoms with Gasteiger partial charge < -0.3 is 0 Å². The maximum Gasteiger partial charge on any atom is 0.377 e. The molecular weight excluding hydrogens is 144 g/mol. The van der Waals surface area contributed by atoms with Gasteiger partial charge in [0, 0.05) is 12.3 Å². The highest BCUT2D eigenvalue weighted by Gasteiger charge is 1.95. The van der Waals surface area contributed by atoms with Crippen LogP contribution in [0.25, 0.3) is 0 Å². The van der Waals surface area contributed by atoms with Gasteiger partial charge in [-0.2, -0.15) is 4.98 Å². The second-order valence-corrected chi connectivity index (χ2v) is 1.50. The van der Waals surface area contributed by atoms with E-state index in [0.717, 1.165) is 17.8 Å². The molecule has 0 saturated carbocycles. The first kappa shape index (κ1) is 6.66. The first-order valence-corrected chi connectivity index (χ1v) is 2.36. The van der Waals surface area contributed by atoms with Gasteiger partial charge in [-0.1, -0.05) is 4.48 Å². The lowest BCUT2D eigenvalue weighted by Gasteiger charge is -1.92. The monoisotopic (exact) mass is 147 g/mol. The van der Waals surface area contributed by atoms with Crippen molar-refractivity contribution in [3.8, 4) is 0 Å². The fourth-order valence-corrected chi connectivity index (χ4v) is 0.441. The van der Waals surface area contributed by atoms with Gasteiger partial charge in [-0.25, -0.2) is 10.3 Å². The lowest BCUT2D eigenvalue weighted by molar-refractivity contribution is 0.344. The van der Waals surface area contributed by atoms with Crippen molar-refractivity contribution in [1.82, 2.24) is 9.77 Å². The van der Waals surface area contributed by atoms with E-state index in [2.05, 4.69) is 4.98 Å². The zero-order valence-corrected chi connectivity index (χ0v) is 4.71. The molecule has 0 aliphatic rings. The Morgan fingerprint density at radius 1 is 1.70 bits per heavy atom. The third-order valence-electron chi connectivity index (χ3n) is 0.859. The normalized spacial score (nSPS) is 9.40. The Bertz CT molecular complexity index is 284. The van der Waals surface area contributed by atoms with Crippen LogP contribution in [-0.2, 0) is 0 Å². The summed E-state index contributed by atoms with van der Waals surface area (Å²) in [6.07, 6.45) is 0.761. The summed E-state index contributed by atoms with van der Waals surface area (Å²) in [5.74, 6) is -0.307. The number of hydrogen-bond donors (Lipinski definition) is 1. The van der Waals surface area contributed by atoms with E-state index >= 15 is 0 Å². The molecule has 6 heteroatoms. The Hall–Kier alpha value is -1.46. The molecule has 10 heavy (non-hydrogen) atoms. The van der Waals surface area contributed by atoms with Crippen molar-refractivity contribution in [2.45, 2.75) is 0 Å². The van der Waals surface area contributed by atoms with Gasteiger partial charge in [0.2, 0.25) is 0 Å². The minimum Gasteiger partial charge on any atom is -0.243 e. The third-order valence-corrected chi connectivity index (χ3v) is 0.859. The van der Waals surface area contributed by atoms with E-state index in [-0.39, 0.29) is 10.6 Å². The Kier molecular flexibility index (Phi) is 1.61. The predicted octanol–water partition coefficient (Wildman–Crippen LogP) is 0.272. The van der Waals surface area contributed by atoms with Crippen molar-refractivity contribution in [3.63, 3.8) is 0 Å². The van der Waals surface area contributed by atoms with Crippen molar-refractivity contribution >= 4 is 5.82 Å². The Morgan fingerprint density at radius 3 is 2.90 bits per heavy atom. The summed E-state index contributed by atoms with van der Waals surface area (Å²) < 4.78 is 23.5. The Morgan fingerprint density at radius 2 is 2.40 bits per heavy atom. The van der Waals surface area contributed by atoms with Crippen LogP contribution >= 0.6 is 0 Å². The number of halogens is 2. The first-order chi connectivity index (χ1) is 4.74. The highest BCUT2D eigenvalue weighted by atomic mass is 19.2. The molecule has 0 saturated heterocycles. The number of hydrogen-bond acceptors (Lipinski definition) is 3. The molecule has 0 radical (unpaired) electrons. The van der Waals surface area contributed by atoms with E-state index in [1.807, 2.05) is 0 Å². The molecule has 1 N–H and O–H groups in total. The van der Waals surface area contributed by atoms with Crippen LogP contribution in [0.2, 0.25) is 0 Å². The van der Waals surface area contributed by atoms with Crippen molar-refractivity contribution < 1.29 is 8.96 Å². The average Bonchev–Trinajstić information content (AvgIpc) is 1.95. The summed E-state index contributed by atoms with van der Waals surface area (Å²) in [4.78, 5) is 13.0. The van der Waals surface area contributed by atoms with Crippen molar-refractivity contribution in [2.75, 3.05) is 5.54 Å². The van der Waals surface area contributed by atoms with E-state index in [1.54, 1.807) is 0 Å². The fraction of sp³-hybridized carbons (Fsp3) is 0. The molecule has 4 nitrogen and oxygen atoms in total. The molecule has 1 rings (SSSR count). The van der Waals surface area contributed by atoms with Crippen molar-refractivity contribution in [1.29, 1.82) is 0 Å². The van der Waals surface area contributed by atoms with Crippen LogP contribution in [0.15, 0.2) is 17.1 Å². The van der Waals surface area contributed by atoms with Crippen LogP contribution in [0.4, 0.5) is 14.8 Å². The first-order valence-electron chi connectivity index (χ1n) is 2.36. The molecule has 0 fully saturated rings. The third kappa shape index (κ3) is 1.09. The number of nitrogens with one attached hydrogen (secondary N) is 1. The van der Waals surface area contributed by atoms with E-state index in [4.69, 9.17) is 0 Å². The number of anilines is 1. The molecule has 0 bridgehead atoms. The molecule has 1 aromatic heterocycles. The van der Waals surface area contributed by atoms with Gasteiger partial charge in [0.25, 0.3) is 0 Å². The molecule has 1 aromatic rings. The highest BCUT2D eigenvalue weighted by Crippen LogP contribution is 1.95. The molecule has 0 unspecified atom stereocenters. The van der Waals surface area contributed by atoms with Crippen molar-refractivity contribution in [3.05, 3.63) is 22.7 Å². The van der Waals surface area contributed by atoms with Crippen LogP contribution in [0.5, 0.6) is 0 Å². The SMILES string of the molecule is O=c1nc(NF)ccn1F. The van der Waals surface area contributed by atoms with Gasteiger partial charge >= 0.3 is 5.69 Å². The molecule has 0 spiro atoms. The van der Waals surface area contributed by atoms with E-state index < -0.39 is 5.69 Å². The second-order valence-electron chi connectivity index (χ2n) is 1.50. The lowest BCUT2D eigenvalue weighted by atomic mass is 10.6. The summed E-state index contributed by atoms with van der Waals surface area (Å²) in [6, 6.07) is 0.987. The predicted molar refractivity (Wildman–Crippen MR) is 29.7 cm³/mol. The summed E-state index contributed by atoms with van der Waals surface area (Å²) >= 11 is 0. The quantitative estimate of drug-likeness (QED) is 0.580. The molecule has 0 aliphatic carbocycles. The smallest absolute Gasteiger partial charge is 0.243 e. The van der Waals surface area contributed by atoms with Gasteiger partial charge in [0.15, 0.2) is 5.82 Å². The number of nitrogens with zero attached hydrogens (tertiary/aromatic N) is 2. The average molecular weight is 147 g/mol. The summed E-state index contributed by atoms with van der Waals surface area (Å²) in [5, 5.41) is 0.